The van der Waals surface area contributed by atoms with Gasteiger partial charge in [0.2, 0.25) is 0 Å². The zero-order chi connectivity index (χ0) is 23.8. The van der Waals surface area contributed by atoms with Gasteiger partial charge >= 0.3 is 5.97 Å². The van der Waals surface area contributed by atoms with E-state index in [9.17, 15) is 24.2 Å². The minimum Gasteiger partial charge on any atom is -0.495 e. The highest BCUT2D eigenvalue weighted by molar-refractivity contribution is 6.30. The van der Waals surface area contributed by atoms with E-state index in [2.05, 4.69) is 0 Å². The topological polar surface area (TPSA) is 88.2 Å². The maximum Gasteiger partial charge on any atom is 0.341 e. The summed E-state index contributed by atoms with van der Waals surface area (Å²) < 4.78 is 21.2. The second-order valence-electron chi connectivity index (χ2n) is 8.75. The molecule has 3 rings (SSSR count). The predicted octanol–water partition coefficient (Wildman–Crippen LogP) is 4.51. The van der Waals surface area contributed by atoms with Gasteiger partial charge in [-0.1, -0.05) is 44.5 Å². The van der Waals surface area contributed by atoms with Crippen molar-refractivity contribution in [3.05, 3.63) is 80.0 Å². The lowest BCUT2D eigenvalue weighted by Gasteiger charge is -2.31. The summed E-state index contributed by atoms with van der Waals surface area (Å²) in [5.41, 5.74) is 0.102. The third kappa shape index (κ3) is 4.36. The summed E-state index contributed by atoms with van der Waals surface area (Å²) >= 11 is 5.88. The van der Waals surface area contributed by atoms with E-state index in [1.807, 2.05) is 20.8 Å². The van der Waals surface area contributed by atoms with Gasteiger partial charge in [0.05, 0.1) is 24.3 Å². The molecule has 32 heavy (non-hydrogen) atoms. The molecule has 0 radical (unpaired) electrons. The van der Waals surface area contributed by atoms with Crippen molar-refractivity contribution in [3.8, 4) is 5.75 Å². The van der Waals surface area contributed by atoms with Crippen LogP contribution in [0.25, 0.3) is 5.52 Å². The molecular weight excluding hydrogens is 437 g/mol. The molecule has 8 heteroatoms. The number of methoxy groups -OCH3 is 1. The number of aliphatic hydroxyl groups is 1. The molecule has 1 aromatic carbocycles. The molecule has 0 fully saturated rings. The van der Waals surface area contributed by atoms with Gasteiger partial charge < -0.3 is 14.9 Å². The number of hydrogen-bond acceptors (Lipinski definition) is 4. The molecule has 0 spiro atoms. The number of carbonyl (C=O) groups is 1. The molecular formula is C24H25ClFNO5. The number of carboxylic acids is 1. The van der Waals surface area contributed by atoms with Crippen LogP contribution >= 0.6 is 11.6 Å². The second-order valence-corrected chi connectivity index (χ2v) is 9.16. The van der Waals surface area contributed by atoms with Crippen LogP contribution in [0.4, 0.5) is 4.39 Å². The standard InChI is InChI=1S/C24H25ClFNO5/c1-24(2,3)17(12-28)15-10-16(23(30)31)22(29)27-11-13(9-19(32-4)21(15)27)8-14-6-5-7-18(25)20(14)26/h5-7,9-11,17,28H,8,12H2,1-4H3,(H,30,31)/t17-/m1/s1. The molecule has 3 aromatic rings. The number of aromatic nitrogens is 1. The molecule has 0 unspecified atom stereocenters. The zero-order valence-corrected chi connectivity index (χ0v) is 19.0. The van der Waals surface area contributed by atoms with Crippen molar-refractivity contribution in [1.82, 2.24) is 4.40 Å². The number of aliphatic hydroxyl groups excluding tert-OH is 1. The lowest BCUT2D eigenvalue weighted by molar-refractivity contribution is 0.0694. The average Bonchev–Trinajstić information content (AvgIpc) is 2.71. The van der Waals surface area contributed by atoms with E-state index in [-0.39, 0.29) is 18.1 Å². The average molecular weight is 462 g/mol. The predicted molar refractivity (Wildman–Crippen MR) is 121 cm³/mol. The minimum atomic E-state index is -1.37. The van der Waals surface area contributed by atoms with Gasteiger partial charge in [-0.2, -0.15) is 0 Å². The van der Waals surface area contributed by atoms with Crippen molar-refractivity contribution in [2.24, 2.45) is 5.41 Å². The highest BCUT2D eigenvalue weighted by Gasteiger charge is 2.30. The second kappa shape index (κ2) is 8.92. The maximum absolute atomic E-state index is 14.4. The molecule has 0 aliphatic carbocycles. The third-order valence-electron chi connectivity index (χ3n) is 5.59. The summed E-state index contributed by atoms with van der Waals surface area (Å²) in [6.07, 6.45) is 1.59. The first kappa shape index (κ1) is 23.8. The fourth-order valence-electron chi connectivity index (χ4n) is 3.89. The molecule has 0 saturated heterocycles. The number of ether oxygens (including phenoxy) is 1. The molecule has 0 aliphatic rings. The van der Waals surface area contributed by atoms with Crippen LogP contribution in [0.5, 0.6) is 5.75 Å². The molecule has 2 heterocycles. The van der Waals surface area contributed by atoms with E-state index < -0.39 is 34.2 Å². The Labute approximate surface area is 189 Å². The fourth-order valence-corrected chi connectivity index (χ4v) is 4.09. The van der Waals surface area contributed by atoms with E-state index in [0.717, 1.165) is 0 Å². The molecule has 170 valence electrons. The van der Waals surface area contributed by atoms with Crippen molar-refractivity contribution < 1.29 is 24.1 Å². The molecule has 2 aromatic heterocycles. The number of hydrogen-bond donors (Lipinski definition) is 2. The number of fused-ring (bicyclic) bond motifs is 1. The first-order valence-corrected chi connectivity index (χ1v) is 10.4. The van der Waals surface area contributed by atoms with Gasteiger partial charge in [-0.3, -0.25) is 9.20 Å². The Kier molecular flexibility index (Phi) is 6.62. The Morgan fingerprint density at radius 1 is 1.28 bits per heavy atom. The first-order valence-electron chi connectivity index (χ1n) is 10.0. The molecule has 2 N–H and O–H groups in total. The number of halogens is 2. The lowest BCUT2D eigenvalue weighted by atomic mass is 9.76. The largest absolute Gasteiger partial charge is 0.495 e. The number of pyridine rings is 2. The van der Waals surface area contributed by atoms with Crippen LogP contribution in [0.3, 0.4) is 0 Å². The van der Waals surface area contributed by atoms with Gasteiger partial charge in [0, 0.05) is 18.5 Å². The van der Waals surface area contributed by atoms with Gasteiger partial charge in [0.25, 0.3) is 5.56 Å². The quantitative estimate of drug-likeness (QED) is 0.563. The van der Waals surface area contributed by atoms with Gasteiger partial charge in [0.15, 0.2) is 0 Å². The van der Waals surface area contributed by atoms with Crippen molar-refractivity contribution in [1.29, 1.82) is 0 Å². The monoisotopic (exact) mass is 461 g/mol. The summed E-state index contributed by atoms with van der Waals surface area (Å²) in [6, 6.07) is 7.64. The number of benzene rings is 1. The van der Waals surface area contributed by atoms with Crippen molar-refractivity contribution >= 4 is 23.1 Å². The molecule has 1 atom stereocenters. The third-order valence-corrected chi connectivity index (χ3v) is 5.88. The molecule has 0 saturated carbocycles. The van der Waals surface area contributed by atoms with Crippen molar-refractivity contribution in [2.75, 3.05) is 13.7 Å². The fraction of sp³-hybridized carbons (Fsp3) is 0.333. The molecule has 0 aliphatic heterocycles. The van der Waals surface area contributed by atoms with Gasteiger partial charge in [-0.25, -0.2) is 9.18 Å². The number of carboxylic acid groups (broad SMARTS) is 1. The zero-order valence-electron chi connectivity index (χ0n) is 18.3. The van der Waals surface area contributed by atoms with E-state index in [1.165, 1.54) is 29.8 Å². The Hall–Kier alpha value is -2.90. The molecule has 0 bridgehead atoms. The number of aromatic carboxylic acids is 1. The number of rotatable bonds is 6. The van der Waals surface area contributed by atoms with Crippen LogP contribution < -0.4 is 10.3 Å². The van der Waals surface area contributed by atoms with E-state index in [0.29, 0.717) is 28.0 Å². The smallest absolute Gasteiger partial charge is 0.341 e. The number of nitrogens with zero attached hydrogens (tertiary/aromatic N) is 1. The first-order chi connectivity index (χ1) is 15.0. The molecule has 6 nitrogen and oxygen atoms in total. The van der Waals surface area contributed by atoms with Crippen LogP contribution in [-0.2, 0) is 6.42 Å². The minimum absolute atomic E-state index is 0.0150. The Bertz CT molecular complexity index is 1250. The molecule has 0 amide bonds. The van der Waals surface area contributed by atoms with Gasteiger partial charge in [-0.05, 0) is 40.3 Å². The van der Waals surface area contributed by atoms with Crippen LogP contribution in [0.15, 0.2) is 41.3 Å². The lowest BCUT2D eigenvalue weighted by Crippen LogP contribution is -2.28. The maximum atomic E-state index is 14.4. The normalized spacial score (nSPS) is 12.7. The van der Waals surface area contributed by atoms with Crippen molar-refractivity contribution in [2.45, 2.75) is 33.1 Å². The van der Waals surface area contributed by atoms with Crippen LogP contribution in [-0.4, -0.2) is 34.3 Å². The van der Waals surface area contributed by atoms with E-state index >= 15 is 0 Å². The SMILES string of the molecule is COc1cc(Cc2cccc(Cl)c2F)cn2c(=O)c(C(=O)O)cc([C@@H](CO)C(C)(C)C)c12. The van der Waals surface area contributed by atoms with Crippen LogP contribution in [0, 0.1) is 11.2 Å². The highest BCUT2D eigenvalue weighted by Crippen LogP contribution is 2.39. The Morgan fingerprint density at radius 3 is 2.53 bits per heavy atom. The highest BCUT2D eigenvalue weighted by atomic mass is 35.5. The summed E-state index contributed by atoms with van der Waals surface area (Å²) in [5.74, 6) is -2.09. The van der Waals surface area contributed by atoms with Gasteiger partial charge in [-0.15, -0.1) is 0 Å². The summed E-state index contributed by atoms with van der Waals surface area (Å²) in [7, 11) is 1.43. The summed E-state index contributed by atoms with van der Waals surface area (Å²) in [6.45, 7) is 5.49. The summed E-state index contributed by atoms with van der Waals surface area (Å²) in [4.78, 5) is 24.9. The Morgan fingerprint density at radius 2 is 1.97 bits per heavy atom. The van der Waals surface area contributed by atoms with Crippen molar-refractivity contribution in [3.63, 3.8) is 0 Å². The summed E-state index contributed by atoms with van der Waals surface area (Å²) in [5, 5.41) is 19.7. The van der Waals surface area contributed by atoms with Gasteiger partial charge in [0.1, 0.15) is 17.1 Å². The van der Waals surface area contributed by atoms with E-state index in [1.54, 1.807) is 18.2 Å². The Balaban J connectivity index is 2.36. The van der Waals surface area contributed by atoms with E-state index in [4.69, 9.17) is 16.3 Å². The van der Waals surface area contributed by atoms with Crippen LogP contribution in [0.1, 0.15) is 53.7 Å². The van der Waals surface area contributed by atoms with Crippen LogP contribution in [0.2, 0.25) is 5.02 Å².